The van der Waals surface area contributed by atoms with Crippen LogP contribution >= 0.6 is 0 Å². The molecular weight excluding hydrogens is 271 g/mol. The van der Waals surface area contributed by atoms with E-state index >= 15 is 0 Å². The Morgan fingerprint density at radius 3 is 2.95 bits per heavy atom. The summed E-state index contributed by atoms with van der Waals surface area (Å²) in [4.78, 5) is 2.02. The van der Waals surface area contributed by atoms with Crippen molar-refractivity contribution in [2.45, 2.75) is 26.0 Å². The molecule has 1 saturated heterocycles. The first-order chi connectivity index (χ1) is 10.1. The molecule has 0 bridgehead atoms. The molecule has 2 rings (SSSR count). The van der Waals surface area contributed by atoms with Crippen molar-refractivity contribution in [1.82, 2.24) is 5.32 Å². The highest BCUT2D eigenvalue weighted by Gasteiger charge is 2.25. The largest absolute Gasteiger partial charge is 0.393 e. The summed E-state index contributed by atoms with van der Waals surface area (Å²) in [6.07, 6.45) is 0.426. The van der Waals surface area contributed by atoms with Crippen LogP contribution in [0.4, 0.5) is 10.1 Å². The molecule has 0 saturated carbocycles. The van der Waals surface area contributed by atoms with E-state index in [1.54, 1.807) is 13.2 Å². The van der Waals surface area contributed by atoms with E-state index in [9.17, 15) is 9.50 Å². The first-order valence-corrected chi connectivity index (χ1v) is 7.53. The summed E-state index contributed by atoms with van der Waals surface area (Å²) < 4.78 is 19.2. The summed E-state index contributed by atoms with van der Waals surface area (Å²) in [5.41, 5.74) is 1.56. The number of ether oxygens (including phenoxy) is 1. The molecule has 2 atom stereocenters. The molecule has 0 spiro atoms. The van der Waals surface area contributed by atoms with E-state index in [1.165, 1.54) is 0 Å². The second-order valence-corrected chi connectivity index (χ2v) is 5.73. The number of halogens is 1. The lowest BCUT2D eigenvalue weighted by molar-refractivity contribution is 0.0969. The highest BCUT2D eigenvalue weighted by atomic mass is 19.1. The molecule has 4 nitrogen and oxygen atoms in total. The molecule has 0 radical (unpaired) electrons. The smallest absolute Gasteiger partial charge is 0.146 e. The Labute approximate surface area is 125 Å². The average Bonchev–Trinajstić information content (AvgIpc) is 2.47. The third kappa shape index (κ3) is 4.40. The van der Waals surface area contributed by atoms with Crippen molar-refractivity contribution in [3.05, 3.63) is 29.6 Å². The van der Waals surface area contributed by atoms with Gasteiger partial charge in [0.25, 0.3) is 0 Å². The molecule has 5 heteroatoms. The highest BCUT2D eigenvalue weighted by molar-refractivity contribution is 5.49. The van der Waals surface area contributed by atoms with Crippen LogP contribution in [0, 0.1) is 11.7 Å². The number of nitrogens with zero attached hydrogens (tertiary/aromatic N) is 1. The third-order valence-electron chi connectivity index (χ3n) is 4.02. The maximum Gasteiger partial charge on any atom is 0.146 e. The second-order valence-electron chi connectivity index (χ2n) is 5.73. The fourth-order valence-corrected chi connectivity index (χ4v) is 2.68. The van der Waals surface area contributed by atoms with Crippen molar-refractivity contribution in [2.24, 2.45) is 5.92 Å². The van der Waals surface area contributed by atoms with E-state index in [4.69, 9.17) is 4.74 Å². The van der Waals surface area contributed by atoms with Gasteiger partial charge in [-0.25, -0.2) is 4.39 Å². The maximum absolute atomic E-state index is 14.3. The summed E-state index contributed by atoms with van der Waals surface area (Å²) in [6.45, 7) is 5.44. The van der Waals surface area contributed by atoms with E-state index in [2.05, 4.69) is 5.32 Å². The van der Waals surface area contributed by atoms with Gasteiger partial charge in [0.2, 0.25) is 0 Å². The van der Waals surface area contributed by atoms with Crippen LogP contribution in [0.3, 0.4) is 0 Å². The number of aliphatic hydroxyl groups is 1. The molecule has 0 amide bonds. The van der Waals surface area contributed by atoms with Crippen molar-refractivity contribution < 1.29 is 14.2 Å². The van der Waals surface area contributed by atoms with Crippen LogP contribution in [0.25, 0.3) is 0 Å². The fraction of sp³-hybridized carbons (Fsp3) is 0.625. The molecule has 1 aliphatic rings. The van der Waals surface area contributed by atoms with E-state index < -0.39 is 0 Å². The maximum atomic E-state index is 14.3. The Kier molecular flexibility index (Phi) is 5.96. The summed E-state index contributed by atoms with van der Waals surface area (Å²) in [5, 5.41) is 13.0. The number of hydrogen-bond donors (Lipinski definition) is 2. The minimum Gasteiger partial charge on any atom is -0.393 e. The number of aliphatic hydroxyl groups excluding tert-OH is 1. The van der Waals surface area contributed by atoms with Gasteiger partial charge in [-0.05, 0) is 30.0 Å². The summed E-state index contributed by atoms with van der Waals surface area (Å²) in [6, 6.07) is 5.38. The Morgan fingerprint density at radius 1 is 1.48 bits per heavy atom. The molecule has 1 aliphatic heterocycles. The number of piperidine rings is 1. The Balaban J connectivity index is 1.95. The summed E-state index contributed by atoms with van der Waals surface area (Å²) in [7, 11) is 1.66. The van der Waals surface area contributed by atoms with Crippen molar-refractivity contribution in [3.63, 3.8) is 0 Å². The van der Waals surface area contributed by atoms with Gasteiger partial charge in [0.1, 0.15) is 5.82 Å². The van der Waals surface area contributed by atoms with Crippen molar-refractivity contribution >= 4 is 5.69 Å². The van der Waals surface area contributed by atoms with Gasteiger partial charge in [0, 0.05) is 33.3 Å². The number of benzene rings is 1. The highest BCUT2D eigenvalue weighted by Crippen LogP contribution is 2.26. The van der Waals surface area contributed by atoms with Crippen molar-refractivity contribution in [3.8, 4) is 0 Å². The van der Waals surface area contributed by atoms with E-state index in [0.717, 1.165) is 12.1 Å². The molecule has 0 aliphatic carbocycles. The van der Waals surface area contributed by atoms with Gasteiger partial charge >= 0.3 is 0 Å². The third-order valence-corrected chi connectivity index (χ3v) is 4.02. The lowest BCUT2D eigenvalue weighted by Gasteiger charge is -2.36. The normalized spacial score (nSPS) is 22.6. The van der Waals surface area contributed by atoms with Crippen molar-refractivity contribution in [2.75, 3.05) is 38.3 Å². The molecule has 118 valence electrons. The van der Waals surface area contributed by atoms with Gasteiger partial charge in [-0.3, -0.25) is 0 Å². The Bertz CT molecular complexity index is 456. The molecule has 0 aromatic heterocycles. The van der Waals surface area contributed by atoms with Crippen LogP contribution in [0.2, 0.25) is 0 Å². The lowest BCUT2D eigenvalue weighted by Crippen LogP contribution is -2.42. The van der Waals surface area contributed by atoms with Crippen LogP contribution in [0.1, 0.15) is 18.9 Å². The molecular formula is C16H25FN2O2. The lowest BCUT2D eigenvalue weighted by atomic mass is 9.96. The molecule has 2 unspecified atom stereocenters. The standard InChI is InChI=1S/C16H25FN2O2/c1-12-11-19(7-5-16(12)20)15-4-3-13(9-14(15)17)10-18-6-8-21-2/h3-4,9,12,16,18,20H,5-8,10-11H2,1-2H3. The van der Waals surface area contributed by atoms with Crippen LogP contribution in [-0.2, 0) is 11.3 Å². The van der Waals surface area contributed by atoms with Gasteiger partial charge in [0.15, 0.2) is 0 Å². The topological polar surface area (TPSA) is 44.7 Å². The van der Waals surface area contributed by atoms with Crippen molar-refractivity contribution in [1.29, 1.82) is 0 Å². The summed E-state index contributed by atoms with van der Waals surface area (Å²) in [5.74, 6) is -0.0156. The Hall–Kier alpha value is -1.17. The molecule has 1 aromatic carbocycles. The van der Waals surface area contributed by atoms with Crippen LogP contribution < -0.4 is 10.2 Å². The predicted molar refractivity (Wildman–Crippen MR) is 82.0 cm³/mol. The zero-order valence-corrected chi connectivity index (χ0v) is 12.8. The van der Waals surface area contributed by atoms with Gasteiger partial charge in [0.05, 0.1) is 18.4 Å². The van der Waals surface area contributed by atoms with Gasteiger partial charge in [-0.1, -0.05) is 13.0 Å². The SMILES string of the molecule is COCCNCc1ccc(N2CCC(O)C(C)C2)c(F)c1. The number of anilines is 1. The first-order valence-electron chi connectivity index (χ1n) is 7.53. The second kappa shape index (κ2) is 7.73. The van der Waals surface area contributed by atoms with Crippen LogP contribution in [0.15, 0.2) is 18.2 Å². The average molecular weight is 296 g/mol. The van der Waals surface area contributed by atoms with E-state index in [0.29, 0.717) is 38.3 Å². The number of methoxy groups -OCH3 is 1. The van der Waals surface area contributed by atoms with Crippen LogP contribution in [0.5, 0.6) is 0 Å². The minimum atomic E-state index is -0.270. The van der Waals surface area contributed by atoms with E-state index in [1.807, 2.05) is 24.0 Å². The molecule has 2 N–H and O–H groups in total. The molecule has 1 fully saturated rings. The summed E-state index contributed by atoms with van der Waals surface area (Å²) >= 11 is 0. The first kappa shape index (κ1) is 16.2. The number of nitrogens with one attached hydrogen (secondary N) is 1. The Morgan fingerprint density at radius 2 is 2.29 bits per heavy atom. The van der Waals surface area contributed by atoms with Gasteiger partial charge < -0.3 is 20.1 Å². The monoisotopic (exact) mass is 296 g/mol. The number of hydrogen-bond acceptors (Lipinski definition) is 4. The zero-order chi connectivity index (χ0) is 15.2. The molecule has 1 heterocycles. The quantitative estimate of drug-likeness (QED) is 0.785. The predicted octanol–water partition coefficient (Wildman–Crippen LogP) is 1.77. The number of rotatable bonds is 6. The van der Waals surface area contributed by atoms with E-state index in [-0.39, 0.29) is 17.8 Å². The fourth-order valence-electron chi connectivity index (χ4n) is 2.68. The van der Waals surface area contributed by atoms with Gasteiger partial charge in [-0.15, -0.1) is 0 Å². The molecule has 21 heavy (non-hydrogen) atoms. The van der Waals surface area contributed by atoms with Gasteiger partial charge in [-0.2, -0.15) is 0 Å². The van der Waals surface area contributed by atoms with Crippen LogP contribution in [-0.4, -0.2) is 44.6 Å². The zero-order valence-electron chi connectivity index (χ0n) is 12.8. The molecule has 1 aromatic rings. The minimum absolute atomic E-state index is 0.175.